The number of carbonyl (C=O) groups is 4. The zero-order valence-corrected chi connectivity index (χ0v) is 15.0. The number of rotatable bonds is 7. The predicted octanol–water partition coefficient (Wildman–Crippen LogP) is 0.242. The van der Waals surface area contributed by atoms with Crippen LogP contribution in [0.2, 0.25) is 0 Å². The Bertz CT molecular complexity index is 891. The highest BCUT2D eigenvalue weighted by Gasteiger charge is 2.44. The SMILES string of the molecule is C=CCN1C(=O)C(=O)N(CC(=O)c2ccc(N(C)S(C)(=O)=O)cc2)C1=O. The minimum atomic E-state index is -3.44. The Labute approximate surface area is 150 Å². The molecular formula is C16H17N3O6S. The van der Waals surface area contributed by atoms with Crippen LogP contribution in [0.5, 0.6) is 0 Å². The molecular weight excluding hydrogens is 362 g/mol. The first-order chi connectivity index (χ1) is 12.1. The average molecular weight is 379 g/mol. The zero-order valence-electron chi connectivity index (χ0n) is 14.2. The molecule has 0 aliphatic carbocycles. The lowest BCUT2D eigenvalue weighted by molar-refractivity contribution is -0.142. The quantitative estimate of drug-likeness (QED) is 0.290. The number of sulfonamides is 1. The van der Waals surface area contributed by atoms with E-state index in [0.717, 1.165) is 10.6 Å². The lowest BCUT2D eigenvalue weighted by Crippen LogP contribution is -2.37. The van der Waals surface area contributed by atoms with Gasteiger partial charge in [-0.05, 0) is 24.3 Å². The van der Waals surface area contributed by atoms with Gasteiger partial charge in [0, 0.05) is 19.2 Å². The van der Waals surface area contributed by atoms with Crippen molar-refractivity contribution < 1.29 is 27.6 Å². The molecule has 0 aromatic heterocycles. The van der Waals surface area contributed by atoms with Crippen LogP contribution in [0.25, 0.3) is 0 Å². The number of amides is 4. The molecule has 138 valence electrons. The number of urea groups is 1. The Morgan fingerprint density at radius 3 is 2.15 bits per heavy atom. The highest BCUT2D eigenvalue weighted by molar-refractivity contribution is 7.92. The van der Waals surface area contributed by atoms with Gasteiger partial charge < -0.3 is 0 Å². The van der Waals surface area contributed by atoms with Crippen LogP contribution >= 0.6 is 0 Å². The van der Waals surface area contributed by atoms with Crippen LogP contribution in [0.15, 0.2) is 36.9 Å². The molecule has 0 saturated carbocycles. The van der Waals surface area contributed by atoms with Crippen LogP contribution in [0.1, 0.15) is 10.4 Å². The summed E-state index contributed by atoms with van der Waals surface area (Å²) in [6.45, 7) is 2.69. The van der Waals surface area contributed by atoms with Crippen molar-refractivity contribution in [3.05, 3.63) is 42.5 Å². The highest BCUT2D eigenvalue weighted by Crippen LogP contribution is 2.18. The number of imide groups is 2. The minimum absolute atomic E-state index is 0.124. The van der Waals surface area contributed by atoms with Crippen LogP contribution in [-0.2, 0) is 19.6 Å². The topological polar surface area (TPSA) is 112 Å². The molecule has 1 aromatic rings. The van der Waals surface area contributed by atoms with E-state index in [1.807, 2.05) is 0 Å². The maximum atomic E-state index is 12.3. The number of nitrogens with zero attached hydrogens (tertiary/aromatic N) is 3. The third kappa shape index (κ3) is 3.64. The molecule has 0 unspecified atom stereocenters. The van der Waals surface area contributed by atoms with E-state index in [2.05, 4.69) is 6.58 Å². The fourth-order valence-electron chi connectivity index (χ4n) is 2.26. The predicted molar refractivity (Wildman–Crippen MR) is 93.0 cm³/mol. The lowest BCUT2D eigenvalue weighted by Gasteiger charge is -2.17. The van der Waals surface area contributed by atoms with Crippen LogP contribution < -0.4 is 4.31 Å². The lowest BCUT2D eigenvalue weighted by atomic mass is 10.1. The molecule has 0 atom stereocenters. The molecule has 2 rings (SSSR count). The maximum Gasteiger partial charge on any atom is 0.334 e. The number of hydrogen-bond donors (Lipinski definition) is 0. The largest absolute Gasteiger partial charge is 0.334 e. The molecule has 1 saturated heterocycles. The highest BCUT2D eigenvalue weighted by atomic mass is 32.2. The molecule has 10 heteroatoms. The third-order valence-corrected chi connectivity index (χ3v) is 5.00. The number of hydrogen-bond acceptors (Lipinski definition) is 6. The Morgan fingerprint density at radius 2 is 1.65 bits per heavy atom. The van der Waals surface area contributed by atoms with E-state index >= 15 is 0 Å². The number of benzene rings is 1. The van der Waals surface area contributed by atoms with E-state index in [9.17, 15) is 27.6 Å². The van der Waals surface area contributed by atoms with Gasteiger partial charge in [0.1, 0.15) is 0 Å². The first-order valence-corrected chi connectivity index (χ1v) is 9.28. The molecule has 0 spiro atoms. The zero-order chi connectivity index (χ0) is 19.6. The summed E-state index contributed by atoms with van der Waals surface area (Å²) in [5, 5.41) is 0. The van der Waals surface area contributed by atoms with Gasteiger partial charge in [-0.15, -0.1) is 6.58 Å². The second-order valence-corrected chi connectivity index (χ2v) is 7.59. The second-order valence-electron chi connectivity index (χ2n) is 5.58. The molecule has 4 amide bonds. The van der Waals surface area contributed by atoms with Gasteiger partial charge in [-0.2, -0.15) is 0 Å². The van der Waals surface area contributed by atoms with Crippen molar-refractivity contribution in [2.45, 2.75) is 0 Å². The van der Waals surface area contributed by atoms with E-state index in [1.165, 1.54) is 37.4 Å². The van der Waals surface area contributed by atoms with Gasteiger partial charge in [-0.3, -0.25) is 23.6 Å². The Morgan fingerprint density at radius 1 is 1.12 bits per heavy atom. The van der Waals surface area contributed by atoms with Crippen molar-refractivity contribution in [1.29, 1.82) is 0 Å². The molecule has 0 bridgehead atoms. The molecule has 1 heterocycles. The van der Waals surface area contributed by atoms with Crippen molar-refractivity contribution in [2.75, 3.05) is 30.7 Å². The smallest absolute Gasteiger partial charge is 0.292 e. The van der Waals surface area contributed by atoms with Gasteiger partial charge in [-0.25, -0.2) is 18.1 Å². The summed E-state index contributed by atoms with van der Waals surface area (Å²) in [5.41, 5.74) is 0.524. The minimum Gasteiger partial charge on any atom is -0.292 e. The van der Waals surface area contributed by atoms with Crippen LogP contribution in [0, 0.1) is 0 Å². The molecule has 1 aromatic carbocycles. The Hall–Kier alpha value is -3.01. The van der Waals surface area contributed by atoms with Crippen molar-refractivity contribution >= 4 is 39.3 Å². The molecule has 0 N–H and O–H groups in total. The summed E-state index contributed by atoms with van der Waals surface area (Å²) in [7, 11) is -2.07. The first kappa shape index (κ1) is 19.3. The van der Waals surface area contributed by atoms with Crippen LogP contribution in [0.4, 0.5) is 10.5 Å². The van der Waals surface area contributed by atoms with Crippen molar-refractivity contribution in [3.63, 3.8) is 0 Å². The summed E-state index contributed by atoms with van der Waals surface area (Å²) in [6, 6.07) is 4.75. The number of ketones is 1. The number of Topliss-reactive ketones (excluding diaryl/α,β-unsaturated/α-hetero) is 1. The van der Waals surface area contributed by atoms with E-state index in [0.29, 0.717) is 15.5 Å². The maximum absolute atomic E-state index is 12.3. The van der Waals surface area contributed by atoms with Gasteiger partial charge in [0.15, 0.2) is 5.78 Å². The summed E-state index contributed by atoms with van der Waals surface area (Å²) in [6.07, 6.45) is 2.34. The Kier molecular flexibility index (Phi) is 5.26. The van der Waals surface area contributed by atoms with Crippen LogP contribution in [0.3, 0.4) is 0 Å². The molecule has 26 heavy (non-hydrogen) atoms. The summed E-state index contributed by atoms with van der Waals surface area (Å²) >= 11 is 0. The van der Waals surface area contributed by atoms with Crippen molar-refractivity contribution in [2.24, 2.45) is 0 Å². The summed E-state index contributed by atoms with van der Waals surface area (Å²) < 4.78 is 24.0. The van der Waals surface area contributed by atoms with Gasteiger partial charge in [0.25, 0.3) is 0 Å². The van der Waals surface area contributed by atoms with Gasteiger partial charge in [-0.1, -0.05) is 6.08 Å². The number of anilines is 1. The molecule has 1 aliphatic rings. The van der Waals surface area contributed by atoms with Crippen molar-refractivity contribution in [1.82, 2.24) is 9.80 Å². The van der Waals surface area contributed by atoms with Crippen LogP contribution in [-0.4, -0.2) is 68.2 Å². The molecule has 9 nitrogen and oxygen atoms in total. The van der Waals surface area contributed by atoms with E-state index < -0.39 is 40.2 Å². The van der Waals surface area contributed by atoms with E-state index in [1.54, 1.807) is 0 Å². The standard InChI is InChI=1S/C16H17N3O6S/c1-4-9-18-14(21)15(22)19(16(18)23)10-13(20)11-5-7-12(8-6-11)17(2)26(3,24)25/h4-8H,1,9-10H2,2-3H3. The average Bonchev–Trinajstić information content (AvgIpc) is 2.78. The van der Waals surface area contributed by atoms with E-state index in [4.69, 9.17) is 0 Å². The first-order valence-electron chi connectivity index (χ1n) is 7.43. The second kappa shape index (κ2) is 7.08. The monoisotopic (exact) mass is 379 g/mol. The van der Waals surface area contributed by atoms with Crippen molar-refractivity contribution in [3.8, 4) is 0 Å². The fourth-order valence-corrected chi connectivity index (χ4v) is 2.77. The summed E-state index contributed by atoms with van der Waals surface area (Å²) in [4.78, 5) is 49.3. The molecule has 1 fully saturated rings. The van der Waals surface area contributed by atoms with Gasteiger partial charge in [0.05, 0.1) is 18.5 Å². The van der Waals surface area contributed by atoms with Gasteiger partial charge >= 0.3 is 17.8 Å². The van der Waals surface area contributed by atoms with E-state index in [-0.39, 0.29) is 12.1 Å². The fraction of sp³-hybridized carbons (Fsp3) is 0.250. The normalized spacial score (nSPS) is 14.8. The molecule has 1 aliphatic heterocycles. The van der Waals surface area contributed by atoms with Gasteiger partial charge in [0.2, 0.25) is 10.0 Å². The summed E-state index contributed by atoms with van der Waals surface area (Å²) in [5.74, 6) is -2.64. The molecule has 0 radical (unpaired) electrons. The Balaban J connectivity index is 2.15. The third-order valence-electron chi connectivity index (χ3n) is 3.80. The number of carbonyl (C=O) groups excluding carboxylic acids is 4.